The third kappa shape index (κ3) is 4.16. The lowest BCUT2D eigenvalue weighted by atomic mass is 10.1. The van der Waals surface area contributed by atoms with Crippen LogP contribution in [-0.4, -0.2) is 29.6 Å². The lowest BCUT2D eigenvalue weighted by Gasteiger charge is -2.26. The zero-order valence-corrected chi connectivity index (χ0v) is 15.2. The number of rotatable bonds is 5. The van der Waals surface area contributed by atoms with Crippen LogP contribution in [0.15, 0.2) is 41.0 Å². The molecule has 1 aromatic carbocycles. The molecule has 1 atom stereocenters. The maximum absolute atomic E-state index is 5.65. The molecule has 1 fully saturated rings. The van der Waals surface area contributed by atoms with Gasteiger partial charge in [-0.15, -0.1) is 0 Å². The van der Waals surface area contributed by atoms with Gasteiger partial charge >= 0.3 is 0 Å². The van der Waals surface area contributed by atoms with E-state index >= 15 is 0 Å². The number of furan rings is 1. The number of benzene rings is 1. The topological polar surface area (TPSA) is 40.4 Å². The number of hydrogen-bond donors (Lipinski definition) is 2. The average molecular weight is 343 g/mol. The highest BCUT2D eigenvalue weighted by molar-refractivity contribution is 7.80. The fourth-order valence-electron chi connectivity index (χ4n) is 3.17. The molecule has 1 saturated heterocycles. The van der Waals surface area contributed by atoms with Crippen molar-refractivity contribution in [1.82, 2.24) is 10.2 Å². The summed E-state index contributed by atoms with van der Waals surface area (Å²) in [6, 6.07) is 10.6. The van der Waals surface area contributed by atoms with Gasteiger partial charge in [-0.1, -0.05) is 12.1 Å². The van der Waals surface area contributed by atoms with Crippen LogP contribution in [0.5, 0.6) is 0 Å². The van der Waals surface area contributed by atoms with Gasteiger partial charge in [-0.2, -0.15) is 0 Å². The number of nitrogens with one attached hydrogen (secondary N) is 2. The van der Waals surface area contributed by atoms with E-state index in [1.165, 1.54) is 24.0 Å². The van der Waals surface area contributed by atoms with Gasteiger partial charge in [0.05, 0.1) is 12.3 Å². The fourth-order valence-corrected chi connectivity index (χ4v) is 3.36. The molecule has 128 valence electrons. The van der Waals surface area contributed by atoms with Gasteiger partial charge in [0.1, 0.15) is 5.76 Å². The van der Waals surface area contributed by atoms with Crippen molar-refractivity contribution in [3.05, 3.63) is 53.5 Å². The van der Waals surface area contributed by atoms with E-state index in [2.05, 4.69) is 47.6 Å². The standard InChI is InChI=1S/C19H25N3OS/c1-14-7-8-15(2)16(12-14)21-19(24)20-13-17(18-6-5-11-23-18)22-9-3-4-10-22/h5-8,11-12,17H,3-4,9-10,13H2,1-2H3,(H2,20,21,24)/t17-/m0/s1. The van der Waals surface area contributed by atoms with Crippen LogP contribution in [0, 0.1) is 13.8 Å². The van der Waals surface area contributed by atoms with Crippen molar-refractivity contribution in [3.63, 3.8) is 0 Å². The van der Waals surface area contributed by atoms with Gasteiger partial charge in [-0.05, 0) is 81.3 Å². The zero-order valence-electron chi connectivity index (χ0n) is 14.3. The Kier molecular flexibility index (Phi) is 5.53. The molecular formula is C19H25N3OS. The molecular weight excluding hydrogens is 318 g/mol. The van der Waals surface area contributed by atoms with Crippen molar-refractivity contribution in [2.45, 2.75) is 32.7 Å². The highest BCUT2D eigenvalue weighted by Crippen LogP contribution is 2.25. The molecule has 1 aliphatic heterocycles. The summed E-state index contributed by atoms with van der Waals surface area (Å²) in [4.78, 5) is 2.46. The van der Waals surface area contributed by atoms with Crippen molar-refractivity contribution >= 4 is 23.0 Å². The number of nitrogens with zero attached hydrogens (tertiary/aromatic N) is 1. The first kappa shape index (κ1) is 17.0. The second-order valence-corrected chi connectivity index (χ2v) is 6.84. The van der Waals surface area contributed by atoms with E-state index < -0.39 is 0 Å². The summed E-state index contributed by atoms with van der Waals surface area (Å²) in [5, 5.41) is 7.33. The Hall–Kier alpha value is -1.85. The Balaban J connectivity index is 1.61. The van der Waals surface area contributed by atoms with Crippen LogP contribution in [0.1, 0.15) is 35.8 Å². The molecule has 0 spiro atoms. The highest BCUT2D eigenvalue weighted by atomic mass is 32.1. The van der Waals surface area contributed by atoms with Crippen LogP contribution in [0.4, 0.5) is 5.69 Å². The molecule has 0 unspecified atom stereocenters. The SMILES string of the molecule is Cc1ccc(C)c(NC(=S)NC[C@@H](c2ccco2)N2CCCC2)c1. The van der Waals surface area contributed by atoms with Crippen LogP contribution >= 0.6 is 12.2 Å². The number of likely N-dealkylation sites (tertiary alicyclic amines) is 1. The van der Waals surface area contributed by atoms with Crippen molar-refractivity contribution < 1.29 is 4.42 Å². The third-order valence-corrected chi connectivity index (χ3v) is 4.80. The van der Waals surface area contributed by atoms with Gasteiger partial charge < -0.3 is 15.1 Å². The Morgan fingerprint density at radius 2 is 2.04 bits per heavy atom. The Labute approximate surface area is 149 Å². The van der Waals surface area contributed by atoms with Crippen molar-refractivity contribution in [2.24, 2.45) is 0 Å². The maximum atomic E-state index is 5.65. The molecule has 24 heavy (non-hydrogen) atoms. The van der Waals surface area contributed by atoms with E-state index in [4.69, 9.17) is 16.6 Å². The van der Waals surface area contributed by atoms with Crippen LogP contribution < -0.4 is 10.6 Å². The lowest BCUT2D eigenvalue weighted by Crippen LogP contribution is -2.38. The first-order valence-electron chi connectivity index (χ1n) is 8.53. The van der Waals surface area contributed by atoms with Gasteiger partial charge in [-0.25, -0.2) is 0 Å². The van der Waals surface area contributed by atoms with Gasteiger partial charge in [0.15, 0.2) is 5.11 Å². The summed E-state index contributed by atoms with van der Waals surface area (Å²) < 4.78 is 5.65. The Morgan fingerprint density at radius 3 is 2.75 bits per heavy atom. The molecule has 0 radical (unpaired) electrons. The summed E-state index contributed by atoms with van der Waals surface area (Å²) in [6.07, 6.45) is 4.25. The lowest BCUT2D eigenvalue weighted by molar-refractivity contribution is 0.216. The van der Waals surface area contributed by atoms with E-state index in [0.717, 1.165) is 31.1 Å². The summed E-state index contributed by atoms with van der Waals surface area (Å²) in [5.41, 5.74) is 3.46. The number of hydrogen-bond acceptors (Lipinski definition) is 3. The van der Waals surface area contributed by atoms with Crippen LogP contribution in [0.25, 0.3) is 0 Å². The van der Waals surface area contributed by atoms with Crippen LogP contribution in [-0.2, 0) is 0 Å². The molecule has 2 heterocycles. The molecule has 4 nitrogen and oxygen atoms in total. The van der Waals surface area contributed by atoms with Gasteiger partial charge in [0.25, 0.3) is 0 Å². The minimum atomic E-state index is 0.223. The molecule has 1 aliphatic rings. The predicted octanol–water partition coefficient (Wildman–Crippen LogP) is 4.02. The summed E-state index contributed by atoms with van der Waals surface area (Å²) in [7, 11) is 0. The summed E-state index contributed by atoms with van der Waals surface area (Å²) >= 11 is 5.49. The Morgan fingerprint density at radius 1 is 1.25 bits per heavy atom. The first-order chi connectivity index (χ1) is 11.6. The molecule has 0 amide bonds. The zero-order chi connectivity index (χ0) is 16.9. The normalized spacial score (nSPS) is 16.1. The predicted molar refractivity (Wildman–Crippen MR) is 102 cm³/mol. The first-order valence-corrected chi connectivity index (χ1v) is 8.94. The quantitative estimate of drug-likeness (QED) is 0.803. The minimum absolute atomic E-state index is 0.223. The number of anilines is 1. The smallest absolute Gasteiger partial charge is 0.170 e. The molecule has 2 N–H and O–H groups in total. The molecule has 0 aliphatic carbocycles. The second-order valence-electron chi connectivity index (χ2n) is 6.43. The maximum Gasteiger partial charge on any atom is 0.170 e. The van der Waals surface area contributed by atoms with E-state index in [1.54, 1.807) is 6.26 Å². The van der Waals surface area contributed by atoms with E-state index in [0.29, 0.717) is 5.11 Å². The number of aryl methyl sites for hydroxylation is 2. The minimum Gasteiger partial charge on any atom is -0.468 e. The monoisotopic (exact) mass is 343 g/mol. The third-order valence-electron chi connectivity index (χ3n) is 4.55. The van der Waals surface area contributed by atoms with Gasteiger partial charge in [-0.3, -0.25) is 4.90 Å². The molecule has 3 rings (SSSR count). The molecule has 0 saturated carbocycles. The highest BCUT2D eigenvalue weighted by Gasteiger charge is 2.25. The van der Waals surface area contributed by atoms with E-state index in [9.17, 15) is 0 Å². The number of thiocarbonyl (C=S) groups is 1. The fraction of sp³-hybridized carbons (Fsp3) is 0.421. The van der Waals surface area contributed by atoms with Crippen molar-refractivity contribution in [1.29, 1.82) is 0 Å². The van der Waals surface area contributed by atoms with Crippen LogP contribution in [0.3, 0.4) is 0 Å². The van der Waals surface area contributed by atoms with E-state index in [-0.39, 0.29) is 6.04 Å². The second kappa shape index (κ2) is 7.81. The van der Waals surface area contributed by atoms with Gasteiger partial charge in [0, 0.05) is 12.2 Å². The van der Waals surface area contributed by atoms with Crippen molar-refractivity contribution in [2.75, 3.05) is 25.0 Å². The molecule has 5 heteroatoms. The summed E-state index contributed by atoms with van der Waals surface area (Å²) in [6.45, 7) is 7.14. The Bertz CT molecular complexity index is 678. The molecule has 1 aromatic heterocycles. The largest absolute Gasteiger partial charge is 0.468 e. The van der Waals surface area contributed by atoms with E-state index in [1.807, 2.05) is 12.1 Å². The van der Waals surface area contributed by atoms with Gasteiger partial charge in [0.2, 0.25) is 0 Å². The average Bonchev–Trinajstić information content (AvgIpc) is 3.25. The van der Waals surface area contributed by atoms with Crippen LogP contribution in [0.2, 0.25) is 0 Å². The van der Waals surface area contributed by atoms with Crippen molar-refractivity contribution in [3.8, 4) is 0 Å². The molecule has 0 bridgehead atoms. The summed E-state index contributed by atoms with van der Waals surface area (Å²) in [5.74, 6) is 0.999. The molecule has 2 aromatic rings.